The zero-order valence-corrected chi connectivity index (χ0v) is 13.4. The van der Waals surface area contributed by atoms with Crippen molar-refractivity contribution in [2.24, 2.45) is 5.92 Å². The van der Waals surface area contributed by atoms with Crippen LogP contribution in [-0.2, 0) is 4.74 Å². The predicted molar refractivity (Wildman–Crippen MR) is 85.2 cm³/mol. The molecule has 0 radical (unpaired) electrons. The molecule has 112 valence electrons. The van der Waals surface area contributed by atoms with Gasteiger partial charge in [-0.05, 0) is 50.9 Å². The van der Waals surface area contributed by atoms with E-state index in [0.29, 0.717) is 17.9 Å². The largest absolute Gasteiger partial charge is 0.376 e. The fourth-order valence-electron chi connectivity index (χ4n) is 3.41. The van der Waals surface area contributed by atoms with Gasteiger partial charge in [0.25, 0.3) is 0 Å². The summed E-state index contributed by atoms with van der Waals surface area (Å²) in [5.41, 5.74) is 2.90. The van der Waals surface area contributed by atoms with Crippen LogP contribution in [0.25, 0.3) is 0 Å². The van der Waals surface area contributed by atoms with E-state index in [4.69, 9.17) is 4.74 Å². The van der Waals surface area contributed by atoms with Gasteiger partial charge in [-0.2, -0.15) is 0 Å². The highest BCUT2D eigenvalue weighted by atomic mass is 16.5. The molecule has 0 bridgehead atoms. The Morgan fingerprint density at radius 1 is 1.20 bits per heavy atom. The van der Waals surface area contributed by atoms with Crippen molar-refractivity contribution in [2.75, 3.05) is 27.2 Å². The maximum atomic E-state index is 6.24. The first kappa shape index (κ1) is 15.5. The van der Waals surface area contributed by atoms with Gasteiger partial charge in [0, 0.05) is 12.5 Å². The molecule has 20 heavy (non-hydrogen) atoms. The van der Waals surface area contributed by atoms with Crippen LogP contribution in [-0.4, -0.2) is 38.3 Å². The molecular weight excluding hydrogens is 246 g/mol. The number of likely N-dealkylation sites (N-methyl/N-ethyl adjacent to an activating group) is 1. The monoisotopic (exact) mass is 275 g/mol. The number of hydrogen-bond acceptors (Lipinski definition) is 2. The predicted octanol–water partition coefficient (Wildman–Crippen LogP) is 3.85. The van der Waals surface area contributed by atoms with Crippen molar-refractivity contribution < 1.29 is 4.74 Å². The van der Waals surface area contributed by atoms with Gasteiger partial charge in [-0.3, -0.25) is 0 Å². The summed E-state index contributed by atoms with van der Waals surface area (Å²) in [5.74, 6) is 1.28. The van der Waals surface area contributed by atoms with Crippen LogP contribution in [0, 0.1) is 12.8 Å². The van der Waals surface area contributed by atoms with Gasteiger partial charge in [0.15, 0.2) is 0 Å². The highest BCUT2D eigenvalue weighted by Crippen LogP contribution is 2.40. The third-order valence-electron chi connectivity index (χ3n) is 4.58. The number of aryl methyl sites for hydroxylation is 1. The quantitative estimate of drug-likeness (QED) is 0.809. The molecule has 0 aliphatic heterocycles. The van der Waals surface area contributed by atoms with Gasteiger partial charge in [0.2, 0.25) is 0 Å². The third kappa shape index (κ3) is 3.83. The standard InChI is InChI=1S/C18H29NO/c1-14-8-5-6-10-16(14)18-15(2)9-7-11-17(18)20-13-12-19(3)4/h5-6,8,10,15,17-18H,7,9,11-13H2,1-4H3/t15-,17-,18+/m1/s1. The van der Waals surface area contributed by atoms with Crippen LogP contribution in [0.1, 0.15) is 43.2 Å². The van der Waals surface area contributed by atoms with Gasteiger partial charge < -0.3 is 9.64 Å². The van der Waals surface area contributed by atoms with Crippen LogP contribution in [0.15, 0.2) is 24.3 Å². The fraction of sp³-hybridized carbons (Fsp3) is 0.667. The van der Waals surface area contributed by atoms with E-state index in [1.807, 2.05) is 0 Å². The summed E-state index contributed by atoms with van der Waals surface area (Å²) in [6.45, 7) is 6.46. The summed E-state index contributed by atoms with van der Waals surface area (Å²) in [7, 11) is 4.21. The second kappa shape index (κ2) is 7.24. The number of nitrogens with zero attached hydrogens (tertiary/aromatic N) is 1. The summed E-state index contributed by atoms with van der Waals surface area (Å²) >= 11 is 0. The van der Waals surface area contributed by atoms with Gasteiger partial charge in [-0.15, -0.1) is 0 Å². The fourth-order valence-corrected chi connectivity index (χ4v) is 3.41. The Bertz CT molecular complexity index is 416. The highest BCUT2D eigenvalue weighted by molar-refractivity contribution is 5.31. The van der Waals surface area contributed by atoms with Crippen molar-refractivity contribution >= 4 is 0 Å². The molecule has 2 rings (SSSR count). The van der Waals surface area contributed by atoms with Crippen LogP contribution in [0.5, 0.6) is 0 Å². The van der Waals surface area contributed by atoms with E-state index in [9.17, 15) is 0 Å². The van der Waals surface area contributed by atoms with Crippen molar-refractivity contribution in [2.45, 2.75) is 45.1 Å². The Balaban J connectivity index is 2.10. The van der Waals surface area contributed by atoms with Gasteiger partial charge in [-0.1, -0.05) is 37.6 Å². The van der Waals surface area contributed by atoms with E-state index in [1.165, 1.54) is 30.4 Å². The maximum absolute atomic E-state index is 6.24. The molecule has 2 heteroatoms. The van der Waals surface area contributed by atoms with E-state index in [0.717, 1.165) is 13.2 Å². The molecule has 2 nitrogen and oxygen atoms in total. The SMILES string of the molecule is Cc1ccccc1[C@@H]1[C@H](C)CCC[C@H]1OCCN(C)C. The lowest BCUT2D eigenvalue weighted by molar-refractivity contribution is -0.00753. The maximum Gasteiger partial charge on any atom is 0.0646 e. The normalized spacial score (nSPS) is 26.9. The molecular formula is C18H29NO. The summed E-state index contributed by atoms with van der Waals surface area (Å²) < 4.78 is 6.24. The van der Waals surface area contributed by atoms with E-state index >= 15 is 0 Å². The molecule has 0 aromatic heterocycles. The summed E-state index contributed by atoms with van der Waals surface area (Å²) in [6.07, 6.45) is 4.22. The Labute approximate surface area is 124 Å². The van der Waals surface area contributed by atoms with Crippen LogP contribution in [0.3, 0.4) is 0 Å². The molecule has 0 spiro atoms. The Hall–Kier alpha value is -0.860. The van der Waals surface area contributed by atoms with Crippen LogP contribution in [0.2, 0.25) is 0 Å². The number of hydrogen-bond donors (Lipinski definition) is 0. The minimum atomic E-state index is 0.389. The first-order valence-electron chi connectivity index (χ1n) is 7.91. The minimum Gasteiger partial charge on any atom is -0.376 e. The highest BCUT2D eigenvalue weighted by Gasteiger charge is 2.33. The zero-order valence-electron chi connectivity index (χ0n) is 13.4. The second-order valence-corrected chi connectivity index (χ2v) is 6.50. The number of rotatable bonds is 5. The molecule has 0 unspecified atom stereocenters. The van der Waals surface area contributed by atoms with Gasteiger partial charge >= 0.3 is 0 Å². The Morgan fingerprint density at radius 2 is 1.95 bits per heavy atom. The Kier molecular flexibility index (Phi) is 5.62. The van der Waals surface area contributed by atoms with Crippen molar-refractivity contribution in [3.63, 3.8) is 0 Å². The lowest BCUT2D eigenvalue weighted by Crippen LogP contribution is -2.33. The Morgan fingerprint density at radius 3 is 2.65 bits per heavy atom. The first-order valence-corrected chi connectivity index (χ1v) is 7.91. The lowest BCUT2D eigenvalue weighted by Gasteiger charge is -2.37. The molecule has 0 saturated heterocycles. The van der Waals surface area contributed by atoms with Gasteiger partial charge in [0.05, 0.1) is 12.7 Å². The molecule has 1 aliphatic rings. The van der Waals surface area contributed by atoms with E-state index in [1.54, 1.807) is 0 Å². The molecule has 0 N–H and O–H groups in total. The smallest absolute Gasteiger partial charge is 0.0646 e. The molecule has 1 fully saturated rings. The van der Waals surface area contributed by atoms with Crippen LogP contribution < -0.4 is 0 Å². The van der Waals surface area contributed by atoms with Crippen molar-refractivity contribution in [3.8, 4) is 0 Å². The molecule has 0 heterocycles. The van der Waals surface area contributed by atoms with Crippen molar-refractivity contribution in [1.82, 2.24) is 4.90 Å². The summed E-state index contributed by atoms with van der Waals surface area (Å²) in [4.78, 5) is 2.19. The average Bonchev–Trinajstić information content (AvgIpc) is 2.40. The topological polar surface area (TPSA) is 12.5 Å². The average molecular weight is 275 g/mol. The zero-order chi connectivity index (χ0) is 14.5. The summed E-state index contributed by atoms with van der Waals surface area (Å²) in [5, 5.41) is 0. The molecule has 1 aromatic carbocycles. The van der Waals surface area contributed by atoms with Crippen molar-refractivity contribution in [3.05, 3.63) is 35.4 Å². The molecule has 1 saturated carbocycles. The molecule has 1 aromatic rings. The minimum absolute atomic E-state index is 0.389. The first-order chi connectivity index (χ1) is 9.59. The molecule has 3 atom stereocenters. The van der Waals surface area contributed by atoms with Gasteiger partial charge in [-0.25, -0.2) is 0 Å². The summed E-state index contributed by atoms with van der Waals surface area (Å²) in [6, 6.07) is 8.83. The third-order valence-corrected chi connectivity index (χ3v) is 4.58. The second-order valence-electron chi connectivity index (χ2n) is 6.50. The van der Waals surface area contributed by atoms with Crippen LogP contribution >= 0.6 is 0 Å². The van der Waals surface area contributed by atoms with Crippen molar-refractivity contribution in [1.29, 1.82) is 0 Å². The molecule has 0 amide bonds. The lowest BCUT2D eigenvalue weighted by atomic mass is 9.73. The number of benzene rings is 1. The number of ether oxygens (including phenoxy) is 1. The van der Waals surface area contributed by atoms with E-state index in [2.05, 4.69) is 57.1 Å². The van der Waals surface area contributed by atoms with E-state index < -0.39 is 0 Å². The van der Waals surface area contributed by atoms with E-state index in [-0.39, 0.29) is 0 Å². The van der Waals surface area contributed by atoms with Crippen LogP contribution in [0.4, 0.5) is 0 Å². The van der Waals surface area contributed by atoms with Gasteiger partial charge in [0.1, 0.15) is 0 Å². The molecule has 1 aliphatic carbocycles.